The second-order valence-corrected chi connectivity index (χ2v) is 6.09. The van der Waals surface area contributed by atoms with Gasteiger partial charge >= 0.3 is 0 Å². The average molecular weight is 351 g/mol. The first kappa shape index (κ1) is 16.2. The zero-order valence-corrected chi connectivity index (χ0v) is 14.4. The molecule has 132 valence electrons. The van der Waals surface area contributed by atoms with Crippen LogP contribution in [0.25, 0.3) is 16.8 Å². The van der Waals surface area contributed by atoms with Crippen molar-refractivity contribution < 1.29 is 9.52 Å². The molecule has 8 heteroatoms. The molecule has 1 aromatic carbocycles. The fourth-order valence-corrected chi connectivity index (χ4v) is 2.92. The zero-order valence-electron chi connectivity index (χ0n) is 14.4. The molecular formula is C18H17N5O3. The number of hydrogen-bond donors (Lipinski definition) is 1. The first-order chi connectivity index (χ1) is 12.6. The molecule has 0 spiro atoms. The molecule has 0 aliphatic rings. The van der Waals surface area contributed by atoms with E-state index >= 15 is 0 Å². The molecule has 0 saturated heterocycles. The summed E-state index contributed by atoms with van der Waals surface area (Å²) in [6.07, 6.45) is 3.29. The van der Waals surface area contributed by atoms with Gasteiger partial charge in [0, 0.05) is 30.4 Å². The molecule has 3 heterocycles. The Labute approximate surface area is 148 Å². The quantitative estimate of drug-likeness (QED) is 0.601. The fourth-order valence-electron chi connectivity index (χ4n) is 2.92. The lowest BCUT2D eigenvalue weighted by Crippen LogP contribution is -2.22. The minimum absolute atomic E-state index is 0.159. The lowest BCUT2D eigenvalue weighted by molar-refractivity contribution is 0.283. The van der Waals surface area contributed by atoms with Crippen molar-refractivity contribution in [3.8, 4) is 11.3 Å². The Morgan fingerprint density at radius 1 is 1.12 bits per heavy atom. The predicted molar refractivity (Wildman–Crippen MR) is 93.7 cm³/mol. The maximum Gasteiger partial charge on any atom is 0.277 e. The van der Waals surface area contributed by atoms with Crippen molar-refractivity contribution in [2.75, 3.05) is 0 Å². The number of benzene rings is 1. The Hall–Kier alpha value is -3.26. The fraction of sp³-hybridized carbons (Fsp3) is 0.222. The van der Waals surface area contributed by atoms with E-state index in [1.54, 1.807) is 19.3 Å². The van der Waals surface area contributed by atoms with Crippen LogP contribution in [0.5, 0.6) is 0 Å². The van der Waals surface area contributed by atoms with Crippen LogP contribution in [0.1, 0.15) is 22.9 Å². The molecule has 8 nitrogen and oxygen atoms in total. The lowest BCUT2D eigenvalue weighted by Gasteiger charge is -2.03. The van der Waals surface area contributed by atoms with Gasteiger partial charge in [0.1, 0.15) is 12.1 Å². The molecule has 0 unspecified atom stereocenters. The number of aliphatic hydroxyl groups is 1. The number of hydrogen-bond acceptors (Lipinski definition) is 6. The summed E-state index contributed by atoms with van der Waals surface area (Å²) in [7, 11) is 0. The summed E-state index contributed by atoms with van der Waals surface area (Å²) < 4.78 is 8.30. The van der Waals surface area contributed by atoms with Crippen molar-refractivity contribution in [3.05, 3.63) is 69.9 Å². The summed E-state index contributed by atoms with van der Waals surface area (Å²) in [5, 5.41) is 22.1. The van der Waals surface area contributed by atoms with E-state index in [2.05, 4.69) is 15.3 Å². The SMILES string of the molecule is Cc1ccc(-c2nn3ccn(Cc4nnc(C)o4)c(=O)c3c2CO)cc1. The van der Waals surface area contributed by atoms with Crippen LogP contribution in [0.2, 0.25) is 0 Å². The van der Waals surface area contributed by atoms with Gasteiger partial charge < -0.3 is 14.1 Å². The Morgan fingerprint density at radius 2 is 1.88 bits per heavy atom. The summed E-state index contributed by atoms with van der Waals surface area (Å²) in [6.45, 7) is 3.56. The number of aryl methyl sites for hydroxylation is 2. The van der Waals surface area contributed by atoms with Crippen LogP contribution in [0, 0.1) is 13.8 Å². The van der Waals surface area contributed by atoms with E-state index in [9.17, 15) is 9.90 Å². The van der Waals surface area contributed by atoms with E-state index < -0.39 is 0 Å². The van der Waals surface area contributed by atoms with Crippen molar-refractivity contribution in [3.63, 3.8) is 0 Å². The van der Waals surface area contributed by atoms with Gasteiger partial charge in [-0.25, -0.2) is 4.52 Å². The number of nitrogens with zero attached hydrogens (tertiary/aromatic N) is 5. The Balaban J connectivity index is 1.86. The van der Waals surface area contributed by atoms with Crippen LogP contribution in [0.3, 0.4) is 0 Å². The van der Waals surface area contributed by atoms with Gasteiger partial charge in [0.25, 0.3) is 5.56 Å². The molecule has 0 radical (unpaired) electrons. The highest BCUT2D eigenvalue weighted by atomic mass is 16.4. The predicted octanol–water partition coefficient (Wildman–Crippen LogP) is 1.70. The van der Waals surface area contributed by atoms with Crippen LogP contribution in [0.4, 0.5) is 0 Å². The van der Waals surface area contributed by atoms with Crippen molar-refractivity contribution in [2.24, 2.45) is 0 Å². The van der Waals surface area contributed by atoms with Gasteiger partial charge in [-0.15, -0.1) is 10.2 Å². The standard InChI is InChI=1S/C18H17N5O3/c1-11-3-5-13(6-4-11)16-14(10-24)17-18(25)22(7-8-23(17)21-16)9-15-20-19-12(2)26-15/h3-8,24H,9-10H2,1-2H3. The van der Waals surface area contributed by atoms with Gasteiger partial charge in [-0.3, -0.25) is 4.79 Å². The summed E-state index contributed by atoms with van der Waals surface area (Å²) in [5.74, 6) is 0.786. The smallest absolute Gasteiger partial charge is 0.277 e. The maximum atomic E-state index is 12.9. The summed E-state index contributed by atoms with van der Waals surface area (Å²) in [6, 6.07) is 7.79. The highest BCUT2D eigenvalue weighted by Gasteiger charge is 2.18. The molecule has 4 aromatic rings. The normalized spacial score (nSPS) is 11.3. The summed E-state index contributed by atoms with van der Waals surface area (Å²) in [5.41, 5.74) is 3.12. The van der Waals surface area contributed by atoms with Gasteiger partial charge in [0.15, 0.2) is 0 Å². The molecule has 0 saturated carbocycles. The third kappa shape index (κ3) is 2.70. The van der Waals surface area contributed by atoms with Gasteiger partial charge in [-0.2, -0.15) is 5.10 Å². The second kappa shape index (κ2) is 6.23. The minimum atomic E-state index is -0.286. The van der Waals surface area contributed by atoms with Crippen LogP contribution in [-0.2, 0) is 13.2 Å². The lowest BCUT2D eigenvalue weighted by atomic mass is 10.1. The molecule has 0 bridgehead atoms. The van der Waals surface area contributed by atoms with Gasteiger partial charge in [0.05, 0.1) is 12.3 Å². The largest absolute Gasteiger partial charge is 0.424 e. The highest BCUT2D eigenvalue weighted by Crippen LogP contribution is 2.25. The summed E-state index contributed by atoms with van der Waals surface area (Å²) in [4.78, 5) is 12.9. The molecule has 26 heavy (non-hydrogen) atoms. The Bertz CT molecular complexity index is 1140. The van der Waals surface area contributed by atoms with E-state index in [-0.39, 0.29) is 18.7 Å². The van der Waals surface area contributed by atoms with E-state index in [0.717, 1.165) is 11.1 Å². The van der Waals surface area contributed by atoms with Gasteiger partial charge in [-0.1, -0.05) is 29.8 Å². The average Bonchev–Trinajstić information content (AvgIpc) is 3.21. The van der Waals surface area contributed by atoms with Gasteiger partial charge in [0.2, 0.25) is 11.8 Å². The topological polar surface area (TPSA) is 98.5 Å². The Kier molecular flexibility index (Phi) is 3.89. The van der Waals surface area contributed by atoms with E-state index in [1.807, 2.05) is 31.2 Å². The zero-order chi connectivity index (χ0) is 18.3. The monoisotopic (exact) mass is 351 g/mol. The number of aliphatic hydroxyl groups excluding tert-OH is 1. The molecule has 0 atom stereocenters. The molecule has 3 aromatic heterocycles. The van der Waals surface area contributed by atoms with E-state index in [1.165, 1.54) is 9.08 Å². The van der Waals surface area contributed by atoms with Crippen LogP contribution in [0.15, 0.2) is 45.9 Å². The van der Waals surface area contributed by atoms with Crippen molar-refractivity contribution >= 4 is 5.52 Å². The third-order valence-electron chi connectivity index (χ3n) is 4.22. The van der Waals surface area contributed by atoms with Gasteiger partial charge in [-0.05, 0) is 6.92 Å². The molecular weight excluding hydrogens is 334 g/mol. The molecule has 4 rings (SSSR count). The molecule has 0 aliphatic carbocycles. The highest BCUT2D eigenvalue weighted by molar-refractivity contribution is 5.72. The second-order valence-electron chi connectivity index (χ2n) is 6.09. The molecule has 0 amide bonds. The minimum Gasteiger partial charge on any atom is -0.424 e. The number of rotatable bonds is 4. The third-order valence-corrected chi connectivity index (χ3v) is 4.22. The van der Waals surface area contributed by atoms with Crippen molar-refractivity contribution in [1.82, 2.24) is 24.4 Å². The van der Waals surface area contributed by atoms with Crippen LogP contribution in [-0.4, -0.2) is 29.5 Å². The molecule has 0 aliphatic heterocycles. The Morgan fingerprint density at radius 3 is 2.54 bits per heavy atom. The first-order valence-corrected chi connectivity index (χ1v) is 8.14. The summed E-state index contributed by atoms with van der Waals surface area (Å²) >= 11 is 0. The molecule has 1 N–H and O–H groups in total. The number of aromatic nitrogens is 5. The van der Waals surface area contributed by atoms with Crippen molar-refractivity contribution in [2.45, 2.75) is 27.0 Å². The first-order valence-electron chi connectivity index (χ1n) is 8.14. The van der Waals surface area contributed by atoms with E-state index in [4.69, 9.17) is 4.42 Å². The molecule has 0 fully saturated rings. The van der Waals surface area contributed by atoms with Crippen molar-refractivity contribution in [1.29, 1.82) is 0 Å². The van der Waals surface area contributed by atoms with Crippen LogP contribution >= 0.6 is 0 Å². The number of fused-ring (bicyclic) bond motifs is 1. The van der Waals surface area contributed by atoms with E-state index in [0.29, 0.717) is 28.6 Å². The maximum absolute atomic E-state index is 12.9. The van der Waals surface area contributed by atoms with Crippen LogP contribution < -0.4 is 5.56 Å².